The standard InChI is InChI=1S/C30H37F2N7O2/c1-3-38(4-2)18-27(40)20-9-10-39(28(33)13-20)24-7-5-23(6-8-24)37-29-15-26(25(17-36-29)30(34)41)35-16-19-11-21(31)14-22(32)12-19/h5-8,11-12,14-15,17,20,28H,3-4,9-10,13,16,18,33H2,1-2H3,(H2,34,41)(H2,35,36,37). The Bertz CT molecular complexity index is 1350. The third-order valence-corrected chi connectivity index (χ3v) is 7.42. The number of nitrogens with two attached hydrogens (primary N) is 2. The van der Waals surface area contributed by atoms with Crippen molar-refractivity contribution in [3.8, 4) is 0 Å². The van der Waals surface area contributed by atoms with E-state index >= 15 is 0 Å². The number of halogens is 2. The van der Waals surface area contributed by atoms with Crippen molar-refractivity contribution in [1.82, 2.24) is 9.88 Å². The number of pyridine rings is 1. The van der Waals surface area contributed by atoms with Crippen molar-refractivity contribution < 1.29 is 18.4 Å². The van der Waals surface area contributed by atoms with Gasteiger partial charge in [-0.15, -0.1) is 0 Å². The number of hydrogen-bond acceptors (Lipinski definition) is 8. The normalized spacial score (nSPS) is 17.0. The van der Waals surface area contributed by atoms with Gasteiger partial charge in [-0.05, 0) is 67.9 Å². The monoisotopic (exact) mass is 565 g/mol. The second kappa shape index (κ2) is 13.5. The Morgan fingerprint density at radius 1 is 1.07 bits per heavy atom. The molecule has 2 atom stereocenters. The molecule has 0 aliphatic carbocycles. The van der Waals surface area contributed by atoms with Crippen molar-refractivity contribution in [2.24, 2.45) is 17.4 Å². The summed E-state index contributed by atoms with van der Waals surface area (Å²) in [6.45, 7) is 7.07. The maximum absolute atomic E-state index is 13.6. The van der Waals surface area contributed by atoms with Crippen LogP contribution in [-0.2, 0) is 11.3 Å². The number of aromatic nitrogens is 1. The quantitative estimate of drug-likeness (QED) is 0.257. The molecule has 0 spiro atoms. The largest absolute Gasteiger partial charge is 0.380 e. The first-order valence-electron chi connectivity index (χ1n) is 13.8. The minimum Gasteiger partial charge on any atom is -0.380 e. The first-order chi connectivity index (χ1) is 19.7. The molecular formula is C30H37F2N7O2. The highest BCUT2D eigenvalue weighted by atomic mass is 19.1. The molecule has 1 saturated heterocycles. The van der Waals surface area contributed by atoms with Gasteiger partial charge in [0.2, 0.25) is 0 Å². The molecular weight excluding hydrogens is 528 g/mol. The van der Waals surface area contributed by atoms with Crippen LogP contribution in [0.4, 0.5) is 31.7 Å². The van der Waals surface area contributed by atoms with Crippen molar-refractivity contribution in [2.45, 2.75) is 39.4 Å². The molecule has 9 nitrogen and oxygen atoms in total. The van der Waals surface area contributed by atoms with E-state index in [9.17, 15) is 18.4 Å². The first-order valence-corrected chi connectivity index (χ1v) is 13.8. The molecule has 1 fully saturated rings. The Balaban J connectivity index is 1.40. The van der Waals surface area contributed by atoms with E-state index in [0.29, 0.717) is 36.6 Å². The number of hydrogen-bond donors (Lipinski definition) is 4. The number of primary amides is 1. The first kappa shape index (κ1) is 29.9. The summed E-state index contributed by atoms with van der Waals surface area (Å²) in [5, 5.41) is 6.21. The van der Waals surface area contributed by atoms with Gasteiger partial charge in [0.25, 0.3) is 5.91 Å². The molecule has 3 aromatic rings. The van der Waals surface area contributed by atoms with Crippen LogP contribution in [0.25, 0.3) is 0 Å². The molecule has 2 unspecified atom stereocenters. The summed E-state index contributed by atoms with van der Waals surface area (Å²) in [5.41, 5.74) is 14.6. The molecule has 1 aromatic heterocycles. The van der Waals surface area contributed by atoms with E-state index < -0.39 is 17.5 Å². The number of carbonyl (C=O) groups excluding carboxylic acids is 2. The number of nitrogens with one attached hydrogen (secondary N) is 2. The fraction of sp³-hybridized carbons (Fsp3) is 0.367. The van der Waals surface area contributed by atoms with Crippen molar-refractivity contribution in [3.63, 3.8) is 0 Å². The number of Topliss-reactive ketones (excluding diaryl/α,β-unsaturated/α-hetero) is 1. The number of benzene rings is 2. The van der Waals surface area contributed by atoms with E-state index in [0.717, 1.165) is 37.0 Å². The van der Waals surface area contributed by atoms with Crippen molar-refractivity contribution in [2.75, 3.05) is 41.7 Å². The summed E-state index contributed by atoms with van der Waals surface area (Å²) < 4.78 is 27.1. The van der Waals surface area contributed by atoms with Crippen molar-refractivity contribution >= 4 is 34.6 Å². The van der Waals surface area contributed by atoms with Crippen LogP contribution in [0.15, 0.2) is 54.7 Å². The van der Waals surface area contributed by atoms with E-state index in [-0.39, 0.29) is 30.0 Å². The van der Waals surface area contributed by atoms with Gasteiger partial charge in [0, 0.05) is 48.7 Å². The Hall–Kier alpha value is -4.09. The molecule has 6 N–H and O–H groups in total. The van der Waals surface area contributed by atoms with Gasteiger partial charge >= 0.3 is 0 Å². The Labute approximate surface area is 238 Å². The molecule has 0 saturated carbocycles. The Morgan fingerprint density at radius 3 is 2.37 bits per heavy atom. The van der Waals surface area contributed by atoms with Crippen LogP contribution >= 0.6 is 0 Å². The van der Waals surface area contributed by atoms with Crippen LogP contribution in [0.3, 0.4) is 0 Å². The zero-order valence-electron chi connectivity index (χ0n) is 23.4. The molecule has 4 rings (SSSR count). The van der Waals surface area contributed by atoms with Gasteiger partial charge in [0.15, 0.2) is 0 Å². The molecule has 41 heavy (non-hydrogen) atoms. The van der Waals surface area contributed by atoms with Gasteiger partial charge in [-0.3, -0.25) is 14.5 Å². The van der Waals surface area contributed by atoms with Crippen molar-refractivity contribution in [1.29, 1.82) is 0 Å². The maximum atomic E-state index is 13.6. The second-order valence-electron chi connectivity index (χ2n) is 10.2. The lowest BCUT2D eigenvalue weighted by atomic mass is 9.90. The highest BCUT2D eigenvalue weighted by Gasteiger charge is 2.30. The van der Waals surface area contributed by atoms with Gasteiger partial charge in [-0.1, -0.05) is 13.8 Å². The SMILES string of the molecule is CCN(CC)CC(=O)C1CCN(c2ccc(Nc3cc(NCc4cc(F)cc(F)c4)c(C(N)=O)cn3)cc2)C(N)C1. The Kier molecular flexibility index (Phi) is 9.85. The number of piperidine rings is 1. The third kappa shape index (κ3) is 7.77. The van der Waals surface area contributed by atoms with E-state index in [1.165, 1.54) is 18.3 Å². The predicted molar refractivity (Wildman–Crippen MR) is 157 cm³/mol. The average Bonchev–Trinajstić information content (AvgIpc) is 2.94. The van der Waals surface area contributed by atoms with Gasteiger partial charge in [-0.2, -0.15) is 0 Å². The summed E-state index contributed by atoms with van der Waals surface area (Å²) in [6.07, 6.45) is 2.48. The van der Waals surface area contributed by atoms with Crippen LogP contribution in [0.5, 0.6) is 0 Å². The summed E-state index contributed by atoms with van der Waals surface area (Å²) in [7, 11) is 0. The second-order valence-corrected chi connectivity index (χ2v) is 10.2. The fourth-order valence-electron chi connectivity index (χ4n) is 5.07. The molecule has 2 heterocycles. The minimum atomic E-state index is -0.688. The summed E-state index contributed by atoms with van der Waals surface area (Å²) in [4.78, 5) is 33.2. The van der Waals surface area contributed by atoms with Crippen LogP contribution in [0.1, 0.15) is 42.6 Å². The number of rotatable bonds is 12. The molecule has 218 valence electrons. The lowest BCUT2D eigenvalue weighted by Crippen LogP contribution is -2.50. The molecule has 11 heteroatoms. The van der Waals surface area contributed by atoms with E-state index in [1.54, 1.807) is 6.07 Å². The number of anilines is 4. The van der Waals surface area contributed by atoms with E-state index in [4.69, 9.17) is 11.5 Å². The molecule has 1 aliphatic heterocycles. The number of carbonyl (C=O) groups is 2. The third-order valence-electron chi connectivity index (χ3n) is 7.42. The molecule has 2 aromatic carbocycles. The molecule has 0 bridgehead atoms. The van der Waals surface area contributed by atoms with Crippen LogP contribution in [0, 0.1) is 17.6 Å². The summed E-state index contributed by atoms with van der Waals surface area (Å²) in [6, 6.07) is 12.5. The summed E-state index contributed by atoms with van der Waals surface area (Å²) in [5.74, 6) is -1.38. The zero-order valence-corrected chi connectivity index (χ0v) is 23.4. The fourth-order valence-corrected chi connectivity index (χ4v) is 5.07. The van der Waals surface area contributed by atoms with Crippen LogP contribution in [-0.4, -0.2) is 53.9 Å². The predicted octanol–water partition coefficient (Wildman–Crippen LogP) is 4.23. The lowest BCUT2D eigenvalue weighted by Gasteiger charge is -2.39. The topological polar surface area (TPSA) is 130 Å². The Morgan fingerprint density at radius 2 is 1.76 bits per heavy atom. The lowest BCUT2D eigenvalue weighted by molar-refractivity contribution is -0.124. The zero-order chi connectivity index (χ0) is 29.5. The van der Waals surface area contributed by atoms with E-state index in [2.05, 4.69) is 39.3 Å². The average molecular weight is 566 g/mol. The van der Waals surface area contributed by atoms with Gasteiger partial charge in [-0.25, -0.2) is 13.8 Å². The smallest absolute Gasteiger partial charge is 0.252 e. The number of amides is 1. The van der Waals surface area contributed by atoms with Crippen LogP contribution in [0.2, 0.25) is 0 Å². The van der Waals surface area contributed by atoms with Gasteiger partial charge in [0.1, 0.15) is 23.2 Å². The summed E-state index contributed by atoms with van der Waals surface area (Å²) >= 11 is 0. The maximum Gasteiger partial charge on any atom is 0.252 e. The number of nitrogens with zero attached hydrogens (tertiary/aromatic N) is 3. The van der Waals surface area contributed by atoms with Gasteiger partial charge in [0.05, 0.1) is 24.0 Å². The van der Waals surface area contributed by atoms with Gasteiger partial charge < -0.3 is 27.0 Å². The highest BCUT2D eigenvalue weighted by Crippen LogP contribution is 2.29. The molecule has 1 amide bonds. The minimum absolute atomic E-state index is 0.0278. The number of likely N-dealkylation sites (N-methyl/N-ethyl adjacent to an activating group) is 1. The molecule has 1 aliphatic rings. The number of ketones is 1. The van der Waals surface area contributed by atoms with Crippen LogP contribution < -0.4 is 27.0 Å². The highest BCUT2D eigenvalue weighted by molar-refractivity contribution is 5.98. The van der Waals surface area contributed by atoms with Crippen molar-refractivity contribution in [3.05, 3.63) is 77.5 Å². The van der Waals surface area contributed by atoms with E-state index in [1.807, 2.05) is 24.3 Å². The molecule has 0 radical (unpaired) electrons.